The highest BCUT2D eigenvalue weighted by Gasteiger charge is 2.30. The van der Waals surface area contributed by atoms with Crippen molar-refractivity contribution >= 4 is 11.8 Å². The summed E-state index contributed by atoms with van der Waals surface area (Å²) in [4.78, 5) is 26.6. The standard InChI is InChI=1S/C22H32N2O3/c1-27-20-9-6-18(7-10-20)13-15-24-16-19(8-11-21(24)25)22(26)23-14-12-17-4-2-3-5-17/h6-7,9-10,17,19H,2-5,8,11-16H2,1H3,(H,23,26). The predicted molar refractivity (Wildman–Crippen MR) is 106 cm³/mol. The third kappa shape index (κ3) is 5.72. The number of carbonyl (C=O) groups is 2. The van der Waals surface area contributed by atoms with Gasteiger partial charge in [0.25, 0.3) is 0 Å². The van der Waals surface area contributed by atoms with E-state index in [0.29, 0.717) is 25.9 Å². The highest BCUT2D eigenvalue weighted by Crippen LogP contribution is 2.27. The number of ether oxygens (including phenoxy) is 1. The van der Waals surface area contributed by atoms with E-state index >= 15 is 0 Å². The van der Waals surface area contributed by atoms with E-state index in [0.717, 1.165) is 31.1 Å². The third-order valence-electron chi connectivity index (χ3n) is 6.03. The second-order valence-corrected chi connectivity index (χ2v) is 7.90. The minimum absolute atomic E-state index is 0.0675. The van der Waals surface area contributed by atoms with Crippen LogP contribution in [0, 0.1) is 11.8 Å². The van der Waals surface area contributed by atoms with Crippen molar-refractivity contribution in [3.05, 3.63) is 29.8 Å². The second kappa shape index (κ2) is 9.77. The molecule has 2 aliphatic rings. The molecular formula is C22H32N2O3. The molecule has 27 heavy (non-hydrogen) atoms. The van der Waals surface area contributed by atoms with Crippen LogP contribution in [0.5, 0.6) is 5.75 Å². The van der Waals surface area contributed by atoms with E-state index in [-0.39, 0.29) is 17.7 Å². The summed E-state index contributed by atoms with van der Waals surface area (Å²) in [5.41, 5.74) is 1.17. The zero-order valence-electron chi connectivity index (χ0n) is 16.4. The highest BCUT2D eigenvalue weighted by atomic mass is 16.5. The van der Waals surface area contributed by atoms with Gasteiger partial charge in [0.1, 0.15) is 5.75 Å². The van der Waals surface area contributed by atoms with Gasteiger partial charge in [0, 0.05) is 26.1 Å². The second-order valence-electron chi connectivity index (χ2n) is 7.90. The first-order valence-electron chi connectivity index (χ1n) is 10.3. The number of nitrogens with zero attached hydrogens (tertiary/aromatic N) is 1. The molecule has 1 unspecified atom stereocenters. The fourth-order valence-electron chi connectivity index (χ4n) is 4.24. The Morgan fingerprint density at radius 2 is 1.93 bits per heavy atom. The SMILES string of the molecule is COc1ccc(CCN2CC(C(=O)NCCC3CCCC3)CCC2=O)cc1. The Hall–Kier alpha value is -2.04. The van der Waals surface area contributed by atoms with Gasteiger partial charge in [0.05, 0.1) is 13.0 Å². The van der Waals surface area contributed by atoms with E-state index in [9.17, 15) is 9.59 Å². The quantitative estimate of drug-likeness (QED) is 0.762. The number of rotatable bonds is 8. The molecule has 0 radical (unpaired) electrons. The van der Waals surface area contributed by atoms with Gasteiger partial charge in [-0.15, -0.1) is 0 Å². The van der Waals surface area contributed by atoms with Crippen molar-refractivity contribution in [2.24, 2.45) is 11.8 Å². The van der Waals surface area contributed by atoms with E-state index in [1.807, 2.05) is 29.2 Å². The van der Waals surface area contributed by atoms with Crippen LogP contribution in [0.3, 0.4) is 0 Å². The summed E-state index contributed by atoms with van der Waals surface area (Å²) in [6.45, 7) is 1.99. The van der Waals surface area contributed by atoms with Gasteiger partial charge in [-0.05, 0) is 42.9 Å². The van der Waals surface area contributed by atoms with Crippen LogP contribution in [-0.2, 0) is 16.0 Å². The predicted octanol–water partition coefficient (Wildman–Crippen LogP) is 3.17. The van der Waals surface area contributed by atoms with Crippen LogP contribution in [0.2, 0.25) is 0 Å². The van der Waals surface area contributed by atoms with Crippen LogP contribution in [0.15, 0.2) is 24.3 Å². The van der Waals surface area contributed by atoms with Crippen molar-refractivity contribution < 1.29 is 14.3 Å². The Balaban J connectivity index is 1.43. The summed E-state index contributed by atoms with van der Waals surface area (Å²) < 4.78 is 5.18. The molecule has 0 aromatic heterocycles. The van der Waals surface area contributed by atoms with Gasteiger partial charge in [0.15, 0.2) is 0 Å². The number of benzene rings is 1. The van der Waals surface area contributed by atoms with E-state index in [1.54, 1.807) is 7.11 Å². The average Bonchev–Trinajstić information content (AvgIpc) is 3.21. The molecule has 3 rings (SSSR count). The summed E-state index contributed by atoms with van der Waals surface area (Å²) in [6, 6.07) is 7.93. The van der Waals surface area contributed by atoms with Gasteiger partial charge in [-0.2, -0.15) is 0 Å². The summed E-state index contributed by atoms with van der Waals surface area (Å²) in [5, 5.41) is 3.11. The zero-order valence-corrected chi connectivity index (χ0v) is 16.4. The maximum Gasteiger partial charge on any atom is 0.224 e. The molecule has 5 nitrogen and oxygen atoms in total. The molecule has 2 fully saturated rings. The number of hydrogen-bond donors (Lipinski definition) is 1. The first-order chi connectivity index (χ1) is 13.2. The van der Waals surface area contributed by atoms with Crippen LogP contribution in [0.4, 0.5) is 0 Å². The lowest BCUT2D eigenvalue weighted by Gasteiger charge is -2.32. The fraction of sp³-hybridized carbons (Fsp3) is 0.636. The smallest absolute Gasteiger partial charge is 0.224 e. The molecule has 0 bridgehead atoms. The molecule has 5 heteroatoms. The minimum Gasteiger partial charge on any atom is -0.497 e. The number of piperidine rings is 1. The molecular weight excluding hydrogens is 340 g/mol. The highest BCUT2D eigenvalue weighted by molar-refractivity contribution is 5.83. The molecule has 1 aromatic carbocycles. The Kier molecular flexibility index (Phi) is 7.13. The monoisotopic (exact) mass is 372 g/mol. The molecule has 0 spiro atoms. The lowest BCUT2D eigenvalue weighted by molar-refractivity contribution is -0.138. The van der Waals surface area contributed by atoms with Gasteiger partial charge in [-0.3, -0.25) is 9.59 Å². The van der Waals surface area contributed by atoms with E-state index in [2.05, 4.69) is 5.32 Å². The Bertz CT molecular complexity index is 623. The van der Waals surface area contributed by atoms with Crippen molar-refractivity contribution in [3.63, 3.8) is 0 Å². The van der Waals surface area contributed by atoms with Crippen molar-refractivity contribution in [2.75, 3.05) is 26.7 Å². The molecule has 1 N–H and O–H groups in total. The van der Waals surface area contributed by atoms with Gasteiger partial charge >= 0.3 is 0 Å². The summed E-state index contributed by atoms with van der Waals surface area (Å²) >= 11 is 0. The molecule has 2 amide bonds. The lowest BCUT2D eigenvalue weighted by atomic mass is 9.96. The fourth-order valence-corrected chi connectivity index (χ4v) is 4.24. The maximum absolute atomic E-state index is 12.5. The average molecular weight is 373 g/mol. The third-order valence-corrected chi connectivity index (χ3v) is 6.03. The molecule has 1 atom stereocenters. The van der Waals surface area contributed by atoms with Crippen molar-refractivity contribution in [3.8, 4) is 5.75 Å². The zero-order chi connectivity index (χ0) is 19.1. The Morgan fingerprint density at radius 3 is 2.63 bits per heavy atom. The van der Waals surface area contributed by atoms with Crippen molar-refractivity contribution in [2.45, 2.75) is 51.4 Å². The van der Waals surface area contributed by atoms with Gasteiger partial charge in [-0.1, -0.05) is 37.8 Å². The molecule has 1 saturated heterocycles. The number of likely N-dealkylation sites (tertiary alicyclic amines) is 1. The molecule has 1 aliphatic heterocycles. The number of carbonyl (C=O) groups excluding carboxylic acids is 2. The van der Waals surface area contributed by atoms with Crippen LogP contribution >= 0.6 is 0 Å². The van der Waals surface area contributed by atoms with E-state index in [4.69, 9.17) is 4.74 Å². The van der Waals surface area contributed by atoms with E-state index < -0.39 is 0 Å². The number of amides is 2. The van der Waals surface area contributed by atoms with Crippen LogP contribution in [0.25, 0.3) is 0 Å². The van der Waals surface area contributed by atoms with E-state index in [1.165, 1.54) is 31.2 Å². The molecule has 1 heterocycles. The number of methoxy groups -OCH3 is 1. The van der Waals surface area contributed by atoms with Gasteiger partial charge < -0.3 is 15.0 Å². The Morgan fingerprint density at radius 1 is 1.19 bits per heavy atom. The first-order valence-corrected chi connectivity index (χ1v) is 10.3. The number of hydrogen-bond acceptors (Lipinski definition) is 3. The Labute approximate surface area is 162 Å². The van der Waals surface area contributed by atoms with Crippen LogP contribution in [-0.4, -0.2) is 43.5 Å². The molecule has 1 aromatic rings. The largest absolute Gasteiger partial charge is 0.497 e. The molecule has 1 saturated carbocycles. The van der Waals surface area contributed by atoms with Crippen molar-refractivity contribution in [1.29, 1.82) is 0 Å². The summed E-state index contributed by atoms with van der Waals surface area (Å²) in [7, 11) is 1.65. The first kappa shape index (κ1) is 19.7. The normalized spacial score (nSPS) is 20.7. The van der Waals surface area contributed by atoms with Crippen LogP contribution < -0.4 is 10.1 Å². The topological polar surface area (TPSA) is 58.6 Å². The van der Waals surface area contributed by atoms with Gasteiger partial charge in [-0.25, -0.2) is 0 Å². The van der Waals surface area contributed by atoms with Gasteiger partial charge in [0.2, 0.25) is 11.8 Å². The number of nitrogens with one attached hydrogen (secondary N) is 1. The van der Waals surface area contributed by atoms with Crippen molar-refractivity contribution in [1.82, 2.24) is 10.2 Å². The van der Waals surface area contributed by atoms with Crippen LogP contribution in [0.1, 0.15) is 50.5 Å². The lowest BCUT2D eigenvalue weighted by Crippen LogP contribution is -2.46. The minimum atomic E-state index is -0.0675. The maximum atomic E-state index is 12.5. The summed E-state index contributed by atoms with van der Waals surface area (Å²) in [5.74, 6) is 1.84. The molecule has 1 aliphatic carbocycles. The molecule has 148 valence electrons. The summed E-state index contributed by atoms with van der Waals surface area (Å²) in [6.07, 6.45) is 8.35.